The molecule has 2 heterocycles. The smallest absolute Gasteiger partial charge is 0.226 e. The number of halogens is 2. The molecule has 0 aliphatic carbocycles. The first-order valence-corrected chi connectivity index (χ1v) is 10.1. The number of hydrogen-bond acceptors (Lipinski definition) is 3. The molecule has 1 amide bonds. The average Bonchev–Trinajstić information content (AvgIpc) is 2.99. The minimum atomic E-state index is -0.372. The molecule has 1 atom stereocenters. The van der Waals surface area contributed by atoms with Crippen LogP contribution in [0, 0.1) is 11.2 Å². The molecule has 2 fully saturated rings. The van der Waals surface area contributed by atoms with Gasteiger partial charge in [0, 0.05) is 44.5 Å². The highest BCUT2D eigenvalue weighted by Crippen LogP contribution is 2.37. The van der Waals surface area contributed by atoms with Crippen LogP contribution >= 0.6 is 11.6 Å². The molecule has 0 bridgehead atoms. The summed E-state index contributed by atoms with van der Waals surface area (Å²) in [6, 6.07) is 5.23. The highest BCUT2D eigenvalue weighted by Gasteiger charge is 2.43. The lowest BCUT2D eigenvalue weighted by Crippen LogP contribution is -2.47. The van der Waals surface area contributed by atoms with Crippen LogP contribution in [0.2, 0.25) is 5.02 Å². The average molecular weight is 382 g/mol. The number of piperazine rings is 1. The first-order valence-electron chi connectivity index (χ1n) is 9.70. The second kappa shape index (κ2) is 8.13. The van der Waals surface area contributed by atoms with Crippen molar-refractivity contribution in [2.45, 2.75) is 45.6 Å². The van der Waals surface area contributed by atoms with Crippen molar-refractivity contribution in [2.75, 3.05) is 37.6 Å². The summed E-state index contributed by atoms with van der Waals surface area (Å²) < 4.78 is 13.3. The summed E-state index contributed by atoms with van der Waals surface area (Å²) in [6.45, 7) is 9.01. The van der Waals surface area contributed by atoms with Gasteiger partial charge in [0.15, 0.2) is 0 Å². The van der Waals surface area contributed by atoms with Crippen LogP contribution in [0.4, 0.5) is 10.1 Å². The van der Waals surface area contributed by atoms with Gasteiger partial charge in [0.2, 0.25) is 5.91 Å². The Morgan fingerprint density at radius 3 is 2.50 bits per heavy atom. The summed E-state index contributed by atoms with van der Waals surface area (Å²) in [5, 5.41) is 3.38. The Morgan fingerprint density at radius 1 is 1.23 bits per heavy atom. The van der Waals surface area contributed by atoms with E-state index in [9.17, 15) is 9.18 Å². The van der Waals surface area contributed by atoms with E-state index in [2.05, 4.69) is 29.0 Å². The summed E-state index contributed by atoms with van der Waals surface area (Å²) >= 11 is 5.90. The van der Waals surface area contributed by atoms with E-state index in [0.717, 1.165) is 64.1 Å². The first kappa shape index (κ1) is 19.4. The SMILES string of the molecule is CCC1(CC)C[C@H](CCN2CCN(c3ccc(F)c(Cl)c3)CC2)NC1=O. The zero-order valence-corrected chi connectivity index (χ0v) is 16.5. The fourth-order valence-corrected chi connectivity index (χ4v) is 4.41. The van der Waals surface area contributed by atoms with Gasteiger partial charge >= 0.3 is 0 Å². The number of carbonyl (C=O) groups is 1. The molecule has 3 rings (SSSR count). The van der Waals surface area contributed by atoms with E-state index in [4.69, 9.17) is 11.6 Å². The minimum Gasteiger partial charge on any atom is -0.369 e. The summed E-state index contributed by atoms with van der Waals surface area (Å²) in [6.07, 6.45) is 3.82. The van der Waals surface area contributed by atoms with Gasteiger partial charge in [-0.3, -0.25) is 9.69 Å². The maximum atomic E-state index is 13.3. The first-order chi connectivity index (χ1) is 12.5. The van der Waals surface area contributed by atoms with Crippen LogP contribution in [0.25, 0.3) is 0 Å². The molecule has 1 aromatic carbocycles. The Morgan fingerprint density at radius 2 is 1.92 bits per heavy atom. The van der Waals surface area contributed by atoms with Crippen molar-refractivity contribution in [2.24, 2.45) is 5.41 Å². The number of amides is 1. The molecule has 0 unspecified atom stereocenters. The maximum absolute atomic E-state index is 13.3. The number of nitrogens with zero attached hydrogens (tertiary/aromatic N) is 2. The number of hydrogen-bond donors (Lipinski definition) is 1. The van der Waals surface area contributed by atoms with Crippen molar-refractivity contribution in [1.82, 2.24) is 10.2 Å². The Kier molecular flexibility index (Phi) is 6.08. The van der Waals surface area contributed by atoms with Crippen LogP contribution in [0.5, 0.6) is 0 Å². The molecule has 0 saturated carbocycles. The Bertz CT molecular complexity index is 642. The lowest BCUT2D eigenvalue weighted by atomic mass is 9.79. The normalized spacial score (nSPS) is 23.3. The zero-order chi connectivity index (χ0) is 18.7. The molecular formula is C20H29ClFN3O. The molecule has 144 valence electrons. The van der Waals surface area contributed by atoms with Crippen molar-refractivity contribution in [1.29, 1.82) is 0 Å². The summed E-state index contributed by atoms with van der Waals surface area (Å²) in [7, 11) is 0. The predicted octanol–water partition coefficient (Wildman–Crippen LogP) is 3.69. The van der Waals surface area contributed by atoms with Gasteiger partial charge in [-0.15, -0.1) is 0 Å². The van der Waals surface area contributed by atoms with Crippen LogP contribution in [-0.2, 0) is 4.79 Å². The van der Waals surface area contributed by atoms with Crippen molar-refractivity contribution in [3.05, 3.63) is 29.0 Å². The molecular weight excluding hydrogens is 353 g/mol. The standard InChI is InChI=1S/C20H29ClFN3O/c1-3-20(4-2)14-15(23-19(20)26)7-8-24-9-11-25(12-10-24)16-5-6-18(22)17(21)13-16/h5-6,13,15H,3-4,7-12,14H2,1-2H3,(H,23,26)/t15-/m0/s1. The zero-order valence-electron chi connectivity index (χ0n) is 15.7. The van der Waals surface area contributed by atoms with Gasteiger partial charge in [-0.25, -0.2) is 4.39 Å². The lowest BCUT2D eigenvalue weighted by molar-refractivity contribution is -0.128. The molecule has 26 heavy (non-hydrogen) atoms. The van der Waals surface area contributed by atoms with Crippen LogP contribution in [0.1, 0.15) is 39.5 Å². The van der Waals surface area contributed by atoms with Gasteiger partial charge in [-0.1, -0.05) is 25.4 Å². The number of benzene rings is 1. The summed E-state index contributed by atoms with van der Waals surface area (Å²) in [5.74, 6) is -0.131. The number of rotatable bonds is 6. The second-order valence-electron chi connectivity index (χ2n) is 7.58. The molecule has 2 aliphatic rings. The molecule has 0 radical (unpaired) electrons. The van der Waals surface area contributed by atoms with Crippen molar-refractivity contribution in [3.8, 4) is 0 Å². The molecule has 0 spiro atoms. The predicted molar refractivity (Wildman–Crippen MR) is 104 cm³/mol. The van der Waals surface area contributed by atoms with Gasteiger partial charge in [0.25, 0.3) is 0 Å². The van der Waals surface area contributed by atoms with Crippen LogP contribution < -0.4 is 10.2 Å². The van der Waals surface area contributed by atoms with E-state index in [1.54, 1.807) is 12.1 Å². The molecule has 2 saturated heterocycles. The minimum absolute atomic E-state index is 0.148. The fourth-order valence-electron chi connectivity index (χ4n) is 4.24. The highest BCUT2D eigenvalue weighted by molar-refractivity contribution is 6.31. The van der Waals surface area contributed by atoms with Gasteiger partial charge in [-0.2, -0.15) is 0 Å². The third-order valence-electron chi connectivity index (χ3n) is 6.24. The lowest BCUT2D eigenvalue weighted by Gasteiger charge is -2.36. The summed E-state index contributed by atoms with van der Waals surface area (Å²) in [4.78, 5) is 17.0. The van der Waals surface area contributed by atoms with E-state index in [-0.39, 0.29) is 22.2 Å². The highest BCUT2D eigenvalue weighted by atomic mass is 35.5. The number of anilines is 1. The molecule has 4 nitrogen and oxygen atoms in total. The maximum Gasteiger partial charge on any atom is 0.226 e. The third-order valence-corrected chi connectivity index (χ3v) is 6.53. The molecule has 6 heteroatoms. The Hall–Kier alpha value is -1.33. The van der Waals surface area contributed by atoms with Gasteiger partial charge in [-0.05, 0) is 43.9 Å². The summed E-state index contributed by atoms with van der Waals surface area (Å²) in [5.41, 5.74) is 0.834. The monoisotopic (exact) mass is 381 g/mol. The van der Waals surface area contributed by atoms with Gasteiger partial charge in [0.1, 0.15) is 5.82 Å². The van der Waals surface area contributed by atoms with Crippen LogP contribution in [-0.4, -0.2) is 49.6 Å². The van der Waals surface area contributed by atoms with E-state index < -0.39 is 0 Å². The largest absolute Gasteiger partial charge is 0.369 e. The Labute approximate surface area is 160 Å². The van der Waals surface area contributed by atoms with E-state index in [1.807, 2.05) is 0 Å². The van der Waals surface area contributed by atoms with E-state index in [0.29, 0.717) is 6.04 Å². The topological polar surface area (TPSA) is 35.6 Å². The third kappa shape index (κ3) is 3.99. The van der Waals surface area contributed by atoms with Crippen LogP contribution in [0.3, 0.4) is 0 Å². The fraction of sp³-hybridized carbons (Fsp3) is 0.650. The van der Waals surface area contributed by atoms with Crippen molar-refractivity contribution < 1.29 is 9.18 Å². The van der Waals surface area contributed by atoms with E-state index >= 15 is 0 Å². The number of carbonyl (C=O) groups excluding carboxylic acids is 1. The quantitative estimate of drug-likeness (QED) is 0.816. The molecule has 0 aromatic heterocycles. The van der Waals surface area contributed by atoms with Gasteiger partial charge in [0.05, 0.1) is 10.4 Å². The number of nitrogens with one attached hydrogen (secondary N) is 1. The van der Waals surface area contributed by atoms with Gasteiger partial charge < -0.3 is 10.2 Å². The second-order valence-corrected chi connectivity index (χ2v) is 7.98. The van der Waals surface area contributed by atoms with Crippen molar-refractivity contribution >= 4 is 23.2 Å². The Balaban J connectivity index is 1.46. The molecule has 1 aromatic rings. The molecule has 1 N–H and O–H groups in total. The van der Waals surface area contributed by atoms with E-state index in [1.165, 1.54) is 6.07 Å². The van der Waals surface area contributed by atoms with Crippen molar-refractivity contribution in [3.63, 3.8) is 0 Å². The van der Waals surface area contributed by atoms with Crippen LogP contribution in [0.15, 0.2) is 18.2 Å². The molecule has 2 aliphatic heterocycles.